The van der Waals surface area contributed by atoms with E-state index in [2.05, 4.69) is 10.3 Å². The van der Waals surface area contributed by atoms with Crippen LogP contribution >= 0.6 is 0 Å². The minimum atomic E-state index is -0.342. The van der Waals surface area contributed by atoms with Crippen LogP contribution in [-0.4, -0.2) is 17.5 Å². The van der Waals surface area contributed by atoms with Crippen LogP contribution in [0.4, 0.5) is 4.39 Å². The molecule has 26 heavy (non-hydrogen) atoms. The zero-order valence-electron chi connectivity index (χ0n) is 15.0. The van der Waals surface area contributed by atoms with E-state index in [9.17, 15) is 9.18 Å². The van der Waals surface area contributed by atoms with E-state index in [-0.39, 0.29) is 17.8 Å². The summed E-state index contributed by atoms with van der Waals surface area (Å²) < 4.78 is 18.8. The second kappa shape index (κ2) is 7.52. The highest BCUT2D eigenvalue weighted by atomic mass is 19.1. The molecule has 0 bridgehead atoms. The lowest BCUT2D eigenvalue weighted by Crippen LogP contribution is -2.27. The quantitative estimate of drug-likeness (QED) is 0.732. The Balaban J connectivity index is 1.79. The molecule has 0 aliphatic rings. The zero-order valence-corrected chi connectivity index (χ0v) is 15.0. The second-order valence-corrected chi connectivity index (χ2v) is 6.16. The number of amides is 1. The Morgan fingerprint density at radius 3 is 2.62 bits per heavy atom. The summed E-state index contributed by atoms with van der Waals surface area (Å²) >= 11 is 0. The summed E-state index contributed by atoms with van der Waals surface area (Å²) in [5.74, 6) is 0.255. The smallest absolute Gasteiger partial charge is 0.253 e. The first-order valence-electron chi connectivity index (χ1n) is 8.58. The van der Waals surface area contributed by atoms with Gasteiger partial charge in [0.15, 0.2) is 0 Å². The number of aryl methyl sites for hydroxylation is 1. The van der Waals surface area contributed by atoms with Crippen LogP contribution in [-0.2, 0) is 0 Å². The fourth-order valence-corrected chi connectivity index (χ4v) is 2.84. The largest absolute Gasteiger partial charge is 0.494 e. The Morgan fingerprint density at radius 2 is 1.92 bits per heavy atom. The van der Waals surface area contributed by atoms with E-state index in [1.165, 1.54) is 12.1 Å². The molecule has 0 spiro atoms. The third-order valence-electron chi connectivity index (χ3n) is 4.25. The SMILES string of the molecule is CCOc1ccc(C(C)NC(=O)c2cc3ccc(F)cc3nc2C)cc1. The van der Waals surface area contributed by atoms with Gasteiger partial charge in [-0.25, -0.2) is 4.39 Å². The molecule has 0 radical (unpaired) electrons. The molecule has 3 rings (SSSR count). The molecular weight excluding hydrogens is 331 g/mol. The first-order valence-corrected chi connectivity index (χ1v) is 8.58. The molecular formula is C21H21FN2O2. The van der Waals surface area contributed by atoms with E-state index in [1.807, 2.05) is 38.1 Å². The molecule has 0 saturated heterocycles. The molecule has 1 atom stereocenters. The normalized spacial score (nSPS) is 12.0. The fourth-order valence-electron chi connectivity index (χ4n) is 2.84. The number of halogens is 1. The number of nitrogens with zero attached hydrogens (tertiary/aromatic N) is 1. The van der Waals surface area contributed by atoms with Crippen LogP contribution in [0.3, 0.4) is 0 Å². The Hall–Kier alpha value is -2.95. The van der Waals surface area contributed by atoms with Crippen LogP contribution in [0.15, 0.2) is 48.5 Å². The van der Waals surface area contributed by atoms with Crippen LogP contribution in [0.2, 0.25) is 0 Å². The van der Waals surface area contributed by atoms with Crippen molar-refractivity contribution in [3.8, 4) is 5.75 Å². The molecule has 1 aromatic heterocycles. The lowest BCUT2D eigenvalue weighted by Gasteiger charge is -2.16. The van der Waals surface area contributed by atoms with Gasteiger partial charge in [0.25, 0.3) is 5.91 Å². The van der Waals surface area contributed by atoms with Gasteiger partial charge in [0.1, 0.15) is 11.6 Å². The average molecular weight is 352 g/mol. The van der Waals surface area contributed by atoms with E-state index >= 15 is 0 Å². The third-order valence-corrected chi connectivity index (χ3v) is 4.25. The van der Waals surface area contributed by atoms with Crippen LogP contribution < -0.4 is 10.1 Å². The van der Waals surface area contributed by atoms with Gasteiger partial charge < -0.3 is 10.1 Å². The predicted octanol–water partition coefficient (Wildman–Crippen LogP) is 4.57. The summed E-state index contributed by atoms with van der Waals surface area (Å²) in [6.07, 6.45) is 0. The number of hydrogen-bond donors (Lipinski definition) is 1. The summed E-state index contributed by atoms with van der Waals surface area (Å²) in [7, 11) is 0. The maximum absolute atomic E-state index is 13.3. The number of nitrogens with one attached hydrogen (secondary N) is 1. The molecule has 1 N–H and O–H groups in total. The molecule has 0 saturated carbocycles. The number of pyridine rings is 1. The van der Waals surface area contributed by atoms with Crippen molar-refractivity contribution in [1.82, 2.24) is 10.3 Å². The van der Waals surface area contributed by atoms with E-state index < -0.39 is 0 Å². The second-order valence-electron chi connectivity index (χ2n) is 6.16. The van der Waals surface area contributed by atoms with E-state index in [0.29, 0.717) is 23.4 Å². The van der Waals surface area contributed by atoms with Crippen LogP contribution in [0.5, 0.6) is 5.75 Å². The highest BCUT2D eigenvalue weighted by Gasteiger charge is 2.15. The summed E-state index contributed by atoms with van der Waals surface area (Å²) in [5.41, 5.74) is 2.58. The van der Waals surface area contributed by atoms with Gasteiger partial charge in [-0.2, -0.15) is 0 Å². The van der Waals surface area contributed by atoms with Gasteiger partial charge >= 0.3 is 0 Å². The van der Waals surface area contributed by atoms with Gasteiger partial charge in [-0.1, -0.05) is 12.1 Å². The molecule has 0 aliphatic heterocycles. The van der Waals surface area contributed by atoms with E-state index in [0.717, 1.165) is 16.7 Å². The molecule has 0 fully saturated rings. The molecule has 1 heterocycles. The molecule has 134 valence electrons. The summed E-state index contributed by atoms with van der Waals surface area (Å²) in [4.78, 5) is 17.0. The first kappa shape index (κ1) is 17.9. The lowest BCUT2D eigenvalue weighted by atomic mass is 10.1. The summed E-state index contributed by atoms with van der Waals surface area (Å²) in [5, 5.41) is 3.72. The van der Waals surface area contributed by atoms with E-state index in [4.69, 9.17) is 4.74 Å². The van der Waals surface area contributed by atoms with Crippen molar-refractivity contribution >= 4 is 16.8 Å². The molecule has 1 amide bonds. The number of benzene rings is 2. The minimum absolute atomic E-state index is 0.165. The van der Waals surface area contributed by atoms with Crippen LogP contribution in [0.1, 0.15) is 41.5 Å². The van der Waals surface area contributed by atoms with Gasteiger partial charge in [0.2, 0.25) is 0 Å². The number of carbonyl (C=O) groups excluding carboxylic acids is 1. The van der Waals surface area contributed by atoms with Crippen molar-refractivity contribution in [2.45, 2.75) is 26.8 Å². The number of carbonyl (C=O) groups is 1. The van der Waals surface area contributed by atoms with Crippen LogP contribution in [0.25, 0.3) is 10.9 Å². The number of hydrogen-bond acceptors (Lipinski definition) is 3. The summed E-state index contributed by atoms with van der Waals surface area (Å²) in [6.45, 7) is 6.22. The zero-order chi connectivity index (χ0) is 18.7. The summed E-state index contributed by atoms with van der Waals surface area (Å²) in [6, 6.07) is 13.6. The van der Waals surface area contributed by atoms with Crippen molar-refractivity contribution in [3.05, 3.63) is 71.2 Å². The number of aromatic nitrogens is 1. The molecule has 2 aromatic carbocycles. The Bertz CT molecular complexity index is 939. The standard InChI is InChI=1S/C21H21FN2O2/c1-4-26-18-9-6-15(7-10-18)13(2)24-21(25)19-11-16-5-8-17(22)12-20(16)23-14(19)3/h5-13H,4H2,1-3H3,(H,24,25). The Labute approximate surface area is 152 Å². The van der Waals surface area contributed by atoms with Crippen molar-refractivity contribution in [2.24, 2.45) is 0 Å². The first-order chi connectivity index (χ1) is 12.5. The van der Waals surface area contributed by atoms with Gasteiger partial charge in [0.05, 0.1) is 29.4 Å². The average Bonchev–Trinajstić information content (AvgIpc) is 2.61. The molecule has 3 aromatic rings. The Morgan fingerprint density at radius 1 is 1.19 bits per heavy atom. The van der Waals surface area contributed by atoms with Crippen molar-refractivity contribution in [1.29, 1.82) is 0 Å². The van der Waals surface area contributed by atoms with Gasteiger partial charge in [-0.15, -0.1) is 0 Å². The topological polar surface area (TPSA) is 51.2 Å². The van der Waals surface area contributed by atoms with Crippen molar-refractivity contribution < 1.29 is 13.9 Å². The van der Waals surface area contributed by atoms with Crippen molar-refractivity contribution in [3.63, 3.8) is 0 Å². The van der Waals surface area contributed by atoms with Gasteiger partial charge in [-0.3, -0.25) is 9.78 Å². The maximum Gasteiger partial charge on any atom is 0.253 e. The van der Waals surface area contributed by atoms with Crippen LogP contribution in [0, 0.1) is 12.7 Å². The predicted molar refractivity (Wildman–Crippen MR) is 99.9 cm³/mol. The number of ether oxygens (including phenoxy) is 1. The van der Waals surface area contributed by atoms with Gasteiger partial charge in [-0.05, 0) is 56.7 Å². The third kappa shape index (κ3) is 3.82. The molecule has 1 unspecified atom stereocenters. The number of rotatable bonds is 5. The lowest BCUT2D eigenvalue weighted by molar-refractivity contribution is 0.0939. The molecule has 5 heteroatoms. The Kier molecular flexibility index (Phi) is 5.16. The van der Waals surface area contributed by atoms with Gasteiger partial charge in [0, 0.05) is 11.5 Å². The van der Waals surface area contributed by atoms with E-state index in [1.54, 1.807) is 19.1 Å². The monoisotopic (exact) mass is 352 g/mol. The molecule has 4 nitrogen and oxygen atoms in total. The number of fused-ring (bicyclic) bond motifs is 1. The molecule has 0 aliphatic carbocycles. The minimum Gasteiger partial charge on any atom is -0.494 e. The maximum atomic E-state index is 13.3. The highest BCUT2D eigenvalue weighted by Crippen LogP contribution is 2.21. The fraction of sp³-hybridized carbons (Fsp3) is 0.238. The highest BCUT2D eigenvalue weighted by molar-refractivity contribution is 5.98. The van der Waals surface area contributed by atoms with Crippen molar-refractivity contribution in [2.75, 3.05) is 6.61 Å².